The Morgan fingerprint density at radius 2 is 1.62 bits per heavy atom. The number of aryl methyl sites for hydroxylation is 1. The van der Waals surface area contributed by atoms with Crippen LogP contribution in [0.25, 0.3) is 6.08 Å². The molecular formula is C24H28O2. The molecule has 0 unspecified atom stereocenters. The van der Waals surface area contributed by atoms with E-state index in [-0.39, 0.29) is 22.4 Å². The van der Waals surface area contributed by atoms with Gasteiger partial charge in [-0.15, -0.1) is 0 Å². The maximum absolute atomic E-state index is 12.8. The van der Waals surface area contributed by atoms with Crippen molar-refractivity contribution >= 4 is 11.9 Å². The lowest BCUT2D eigenvalue weighted by Crippen LogP contribution is -2.34. The first-order valence-electron chi connectivity index (χ1n) is 9.27. The molecule has 0 amide bonds. The van der Waals surface area contributed by atoms with Crippen LogP contribution < -0.4 is 0 Å². The first kappa shape index (κ1) is 18.4. The van der Waals surface area contributed by atoms with Gasteiger partial charge in [0.2, 0.25) is 0 Å². The minimum Gasteiger partial charge on any atom is -0.508 e. The van der Waals surface area contributed by atoms with E-state index in [1.165, 1.54) is 11.1 Å². The summed E-state index contributed by atoms with van der Waals surface area (Å²) in [7, 11) is 0. The molecule has 0 spiro atoms. The highest BCUT2D eigenvalue weighted by Crippen LogP contribution is 2.46. The molecule has 2 nitrogen and oxygen atoms in total. The van der Waals surface area contributed by atoms with E-state index in [0.717, 1.165) is 29.5 Å². The number of ketones is 1. The number of allylic oxidation sites excluding steroid dienone is 1. The lowest BCUT2D eigenvalue weighted by Gasteiger charge is -2.42. The second-order valence-electron chi connectivity index (χ2n) is 8.77. The Hall–Kier alpha value is -2.35. The van der Waals surface area contributed by atoms with Crippen LogP contribution in [0.15, 0.2) is 42.5 Å². The van der Waals surface area contributed by atoms with Crippen LogP contribution in [0.3, 0.4) is 0 Å². The molecular weight excluding hydrogens is 320 g/mol. The molecule has 0 saturated heterocycles. The topological polar surface area (TPSA) is 37.3 Å². The largest absolute Gasteiger partial charge is 0.508 e. The first-order valence-corrected chi connectivity index (χ1v) is 9.27. The molecule has 2 aromatic rings. The van der Waals surface area contributed by atoms with Gasteiger partial charge in [-0.3, -0.25) is 4.79 Å². The zero-order chi connectivity index (χ0) is 19.1. The van der Waals surface area contributed by atoms with Gasteiger partial charge in [0, 0.05) is 5.56 Å². The van der Waals surface area contributed by atoms with Gasteiger partial charge in [0.15, 0.2) is 5.78 Å². The maximum Gasteiger partial charge on any atom is 0.186 e. The molecule has 2 aromatic carbocycles. The molecule has 0 radical (unpaired) electrons. The number of hydrogen-bond donors (Lipinski definition) is 1. The van der Waals surface area contributed by atoms with Crippen LogP contribution in [0.1, 0.15) is 73.1 Å². The van der Waals surface area contributed by atoms with Crippen molar-refractivity contribution in [2.24, 2.45) is 0 Å². The molecule has 0 atom stereocenters. The Morgan fingerprint density at radius 3 is 2.23 bits per heavy atom. The molecule has 0 aliphatic heterocycles. The number of hydrogen-bond acceptors (Lipinski definition) is 2. The van der Waals surface area contributed by atoms with Gasteiger partial charge in [0.25, 0.3) is 0 Å². The van der Waals surface area contributed by atoms with E-state index in [4.69, 9.17) is 0 Å². The van der Waals surface area contributed by atoms with Crippen molar-refractivity contribution in [3.05, 3.63) is 70.3 Å². The van der Waals surface area contributed by atoms with Gasteiger partial charge in [0.1, 0.15) is 5.75 Å². The molecule has 1 N–H and O–H groups in total. The van der Waals surface area contributed by atoms with Crippen LogP contribution in [-0.2, 0) is 10.8 Å². The Bertz CT molecular complexity index is 885. The van der Waals surface area contributed by atoms with E-state index in [0.29, 0.717) is 0 Å². The fourth-order valence-electron chi connectivity index (χ4n) is 3.88. The van der Waals surface area contributed by atoms with Crippen LogP contribution in [0, 0.1) is 6.92 Å². The summed E-state index contributed by atoms with van der Waals surface area (Å²) >= 11 is 0. The molecule has 0 aromatic heterocycles. The molecule has 0 saturated carbocycles. The second-order valence-corrected chi connectivity index (χ2v) is 8.77. The lowest BCUT2D eigenvalue weighted by atomic mass is 9.62. The van der Waals surface area contributed by atoms with Gasteiger partial charge in [-0.1, -0.05) is 52.0 Å². The highest BCUT2D eigenvalue weighted by molar-refractivity contribution is 6.08. The fraction of sp³-hybridized carbons (Fsp3) is 0.375. The van der Waals surface area contributed by atoms with Crippen LogP contribution >= 0.6 is 0 Å². The number of aromatic hydroxyl groups is 1. The summed E-state index contributed by atoms with van der Waals surface area (Å²) in [5, 5.41) is 9.56. The second kappa shape index (κ2) is 6.42. The fourth-order valence-corrected chi connectivity index (χ4v) is 3.88. The van der Waals surface area contributed by atoms with Crippen molar-refractivity contribution in [3.8, 4) is 5.75 Å². The van der Waals surface area contributed by atoms with E-state index < -0.39 is 0 Å². The molecule has 0 bridgehead atoms. The van der Waals surface area contributed by atoms with E-state index >= 15 is 0 Å². The average Bonchev–Trinajstić information content (AvgIpc) is 2.57. The van der Waals surface area contributed by atoms with E-state index in [1.54, 1.807) is 30.4 Å². The molecule has 0 fully saturated rings. The van der Waals surface area contributed by atoms with Crippen LogP contribution in [0.2, 0.25) is 0 Å². The summed E-state index contributed by atoms with van der Waals surface area (Å²) in [5.74, 6) is 0.210. The Morgan fingerprint density at radius 1 is 1.00 bits per heavy atom. The van der Waals surface area contributed by atoms with E-state index in [2.05, 4.69) is 39.8 Å². The molecule has 136 valence electrons. The molecule has 1 aliphatic carbocycles. The number of carbonyl (C=O) groups excluding carboxylic acids is 1. The quantitative estimate of drug-likeness (QED) is 0.550. The van der Waals surface area contributed by atoms with E-state index in [9.17, 15) is 9.90 Å². The molecule has 2 heteroatoms. The predicted molar refractivity (Wildman–Crippen MR) is 108 cm³/mol. The van der Waals surface area contributed by atoms with Crippen LogP contribution in [0.4, 0.5) is 0 Å². The van der Waals surface area contributed by atoms with Gasteiger partial charge < -0.3 is 5.11 Å². The number of benzene rings is 2. The SMILES string of the molecule is Cc1cc2c(cc1C(=O)/C=C/c1cccc(O)c1)C(C)(C)CCC2(C)C. The third-order valence-electron chi connectivity index (χ3n) is 5.76. The Balaban J connectivity index is 2.00. The zero-order valence-corrected chi connectivity index (χ0v) is 16.4. The maximum atomic E-state index is 12.8. The summed E-state index contributed by atoms with van der Waals surface area (Å²) in [4.78, 5) is 12.8. The normalized spacial score (nSPS) is 17.9. The summed E-state index contributed by atoms with van der Waals surface area (Å²) in [6.45, 7) is 11.2. The first-order chi connectivity index (χ1) is 12.1. The Labute approximate surface area is 156 Å². The average molecular weight is 348 g/mol. The predicted octanol–water partition coefficient (Wildman–Crippen LogP) is 5.95. The van der Waals surface area contributed by atoms with Gasteiger partial charge in [-0.2, -0.15) is 0 Å². The number of rotatable bonds is 3. The van der Waals surface area contributed by atoms with E-state index in [1.807, 2.05) is 13.0 Å². The highest BCUT2D eigenvalue weighted by Gasteiger charge is 2.37. The van der Waals surface area contributed by atoms with Crippen molar-refractivity contribution < 1.29 is 9.90 Å². The van der Waals surface area contributed by atoms with Gasteiger partial charge in [-0.05, 0) is 77.1 Å². The molecule has 3 rings (SSSR count). The van der Waals surface area contributed by atoms with Crippen molar-refractivity contribution in [2.75, 3.05) is 0 Å². The summed E-state index contributed by atoms with van der Waals surface area (Å²) in [6.07, 6.45) is 5.65. The Kier molecular flexibility index (Phi) is 4.56. The summed E-state index contributed by atoms with van der Waals surface area (Å²) in [5.41, 5.74) is 5.52. The zero-order valence-electron chi connectivity index (χ0n) is 16.4. The van der Waals surface area contributed by atoms with Crippen LogP contribution in [-0.4, -0.2) is 10.9 Å². The van der Waals surface area contributed by atoms with Gasteiger partial charge >= 0.3 is 0 Å². The van der Waals surface area contributed by atoms with Crippen molar-refractivity contribution in [2.45, 2.75) is 58.3 Å². The molecule has 1 aliphatic rings. The van der Waals surface area contributed by atoms with Crippen molar-refractivity contribution in [1.29, 1.82) is 0 Å². The van der Waals surface area contributed by atoms with Gasteiger partial charge in [0.05, 0.1) is 0 Å². The minimum absolute atomic E-state index is 0.00724. The standard InChI is InChI=1S/C24H28O2/c1-16-13-20-21(24(4,5)12-11-23(20,2)3)15-19(16)22(26)10-9-17-7-6-8-18(25)14-17/h6-10,13-15,25H,11-12H2,1-5H3/b10-9+. The number of fused-ring (bicyclic) bond motifs is 1. The minimum atomic E-state index is 0.00724. The number of carbonyl (C=O) groups is 1. The van der Waals surface area contributed by atoms with Gasteiger partial charge in [-0.25, -0.2) is 0 Å². The molecule has 26 heavy (non-hydrogen) atoms. The molecule has 0 heterocycles. The van der Waals surface area contributed by atoms with Crippen molar-refractivity contribution in [3.63, 3.8) is 0 Å². The third kappa shape index (κ3) is 3.46. The summed E-state index contributed by atoms with van der Waals surface area (Å²) < 4.78 is 0. The smallest absolute Gasteiger partial charge is 0.186 e. The summed E-state index contributed by atoms with van der Waals surface area (Å²) in [6, 6.07) is 11.2. The third-order valence-corrected chi connectivity index (χ3v) is 5.76. The number of phenolic OH excluding ortho intramolecular Hbond substituents is 1. The van der Waals surface area contributed by atoms with Crippen molar-refractivity contribution in [1.82, 2.24) is 0 Å². The highest BCUT2D eigenvalue weighted by atomic mass is 16.3. The lowest BCUT2D eigenvalue weighted by molar-refractivity contribution is 0.104. The van der Waals surface area contributed by atoms with Crippen LogP contribution in [0.5, 0.6) is 5.75 Å². The monoisotopic (exact) mass is 348 g/mol. The number of phenols is 1.